The number of carboxylic acid groups (broad SMARTS) is 1. The molecule has 118 valence electrons. The molecule has 0 aliphatic heterocycles. The van der Waals surface area contributed by atoms with Crippen molar-refractivity contribution in [3.8, 4) is 0 Å². The second kappa shape index (κ2) is 7.87. The van der Waals surface area contributed by atoms with Gasteiger partial charge in [0.15, 0.2) is 0 Å². The van der Waals surface area contributed by atoms with Gasteiger partial charge >= 0.3 is 12.0 Å². The SMILES string of the molecule is CCCC(NC(=O)NCc1c(Cl)c(C)nn1CC)C(=O)O. The van der Waals surface area contributed by atoms with Crippen LogP contribution in [0, 0.1) is 6.92 Å². The first-order valence-electron chi connectivity index (χ1n) is 6.89. The molecule has 1 rings (SSSR count). The summed E-state index contributed by atoms with van der Waals surface area (Å²) in [5, 5.41) is 18.8. The molecule has 21 heavy (non-hydrogen) atoms. The second-order valence-corrected chi connectivity index (χ2v) is 5.05. The summed E-state index contributed by atoms with van der Waals surface area (Å²) in [6.45, 7) is 6.41. The molecule has 0 saturated carbocycles. The molecule has 0 spiro atoms. The number of halogens is 1. The van der Waals surface area contributed by atoms with E-state index in [-0.39, 0.29) is 6.54 Å². The smallest absolute Gasteiger partial charge is 0.326 e. The van der Waals surface area contributed by atoms with Crippen LogP contribution >= 0.6 is 11.6 Å². The van der Waals surface area contributed by atoms with E-state index >= 15 is 0 Å². The predicted molar refractivity (Wildman–Crippen MR) is 79.4 cm³/mol. The fourth-order valence-electron chi connectivity index (χ4n) is 1.96. The molecule has 2 amide bonds. The molecule has 0 saturated heterocycles. The molecular formula is C13H21ClN4O3. The van der Waals surface area contributed by atoms with Crippen LogP contribution in [0.5, 0.6) is 0 Å². The lowest BCUT2D eigenvalue weighted by molar-refractivity contribution is -0.139. The van der Waals surface area contributed by atoms with E-state index in [0.29, 0.717) is 35.8 Å². The first kappa shape index (κ1) is 17.3. The van der Waals surface area contributed by atoms with Gasteiger partial charge in [-0.15, -0.1) is 0 Å². The topological polar surface area (TPSA) is 96.3 Å². The number of urea groups is 1. The average Bonchev–Trinajstić information content (AvgIpc) is 2.71. The number of carbonyl (C=O) groups is 2. The summed E-state index contributed by atoms with van der Waals surface area (Å²) in [7, 11) is 0. The standard InChI is InChI=1S/C13H21ClN4O3/c1-4-6-9(12(19)20)16-13(21)15-7-10-11(14)8(3)17-18(10)5-2/h9H,4-7H2,1-3H3,(H,19,20)(H2,15,16,21). The first-order chi connectivity index (χ1) is 9.90. The zero-order chi connectivity index (χ0) is 16.0. The Bertz CT molecular complexity index is 516. The number of carboxylic acids is 1. The number of hydrogen-bond acceptors (Lipinski definition) is 3. The second-order valence-electron chi connectivity index (χ2n) is 4.67. The van der Waals surface area contributed by atoms with Crippen molar-refractivity contribution in [2.45, 2.75) is 52.7 Å². The minimum absolute atomic E-state index is 0.192. The summed E-state index contributed by atoms with van der Waals surface area (Å²) in [6.07, 6.45) is 1.06. The van der Waals surface area contributed by atoms with Gasteiger partial charge in [0.25, 0.3) is 0 Å². The Balaban J connectivity index is 2.62. The fraction of sp³-hybridized carbons (Fsp3) is 0.615. The zero-order valence-corrected chi connectivity index (χ0v) is 13.2. The Morgan fingerprint density at radius 1 is 1.43 bits per heavy atom. The summed E-state index contributed by atoms with van der Waals surface area (Å²) in [6, 6.07) is -1.42. The maximum Gasteiger partial charge on any atom is 0.326 e. The normalized spacial score (nSPS) is 12.0. The summed E-state index contributed by atoms with van der Waals surface area (Å²) >= 11 is 6.13. The van der Waals surface area contributed by atoms with Crippen LogP contribution in [0.15, 0.2) is 0 Å². The lowest BCUT2D eigenvalue weighted by Crippen LogP contribution is -2.45. The summed E-state index contributed by atoms with van der Waals surface area (Å²) in [5.41, 5.74) is 1.40. The van der Waals surface area contributed by atoms with Crippen molar-refractivity contribution >= 4 is 23.6 Å². The Morgan fingerprint density at radius 3 is 2.62 bits per heavy atom. The molecule has 1 heterocycles. The lowest BCUT2D eigenvalue weighted by Gasteiger charge is -2.14. The average molecular weight is 317 g/mol. The van der Waals surface area contributed by atoms with Gasteiger partial charge in [-0.1, -0.05) is 24.9 Å². The molecule has 1 aromatic heterocycles. The molecule has 1 atom stereocenters. The molecule has 0 aliphatic carbocycles. The van der Waals surface area contributed by atoms with Crippen LogP contribution in [0.25, 0.3) is 0 Å². The number of carbonyl (C=O) groups excluding carboxylic acids is 1. The van der Waals surface area contributed by atoms with Crippen LogP contribution in [-0.4, -0.2) is 32.9 Å². The van der Waals surface area contributed by atoms with Crippen molar-refractivity contribution in [2.75, 3.05) is 0 Å². The summed E-state index contributed by atoms with van der Waals surface area (Å²) in [4.78, 5) is 22.7. The highest BCUT2D eigenvalue weighted by molar-refractivity contribution is 6.31. The Labute approximate surface area is 128 Å². The van der Waals surface area contributed by atoms with Crippen molar-refractivity contribution in [3.05, 3.63) is 16.4 Å². The van der Waals surface area contributed by atoms with Crippen molar-refractivity contribution in [3.63, 3.8) is 0 Å². The predicted octanol–water partition coefficient (Wildman–Crippen LogP) is 1.92. The molecule has 0 radical (unpaired) electrons. The van der Waals surface area contributed by atoms with E-state index in [1.165, 1.54) is 0 Å². The van der Waals surface area contributed by atoms with Gasteiger partial charge in [0.2, 0.25) is 0 Å². The molecule has 0 fully saturated rings. The van der Waals surface area contributed by atoms with Crippen LogP contribution < -0.4 is 10.6 Å². The zero-order valence-electron chi connectivity index (χ0n) is 12.4. The van der Waals surface area contributed by atoms with E-state index in [4.69, 9.17) is 16.7 Å². The highest BCUT2D eigenvalue weighted by atomic mass is 35.5. The molecule has 0 bridgehead atoms. The van der Waals surface area contributed by atoms with Gasteiger partial charge in [-0.3, -0.25) is 4.68 Å². The van der Waals surface area contributed by atoms with E-state index in [1.54, 1.807) is 11.6 Å². The molecule has 0 aromatic carbocycles. The highest BCUT2D eigenvalue weighted by Gasteiger charge is 2.19. The molecular weight excluding hydrogens is 296 g/mol. The molecule has 1 aromatic rings. The fourth-order valence-corrected chi connectivity index (χ4v) is 2.16. The van der Waals surface area contributed by atoms with E-state index < -0.39 is 18.0 Å². The molecule has 0 aliphatic rings. The van der Waals surface area contributed by atoms with Crippen molar-refractivity contribution in [1.29, 1.82) is 0 Å². The van der Waals surface area contributed by atoms with Crippen LogP contribution in [0.2, 0.25) is 5.02 Å². The molecule has 1 unspecified atom stereocenters. The van der Waals surface area contributed by atoms with Crippen molar-refractivity contribution < 1.29 is 14.7 Å². The number of aliphatic carboxylic acids is 1. The van der Waals surface area contributed by atoms with Crippen LogP contribution in [-0.2, 0) is 17.9 Å². The third-order valence-electron chi connectivity index (χ3n) is 3.05. The van der Waals surface area contributed by atoms with Crippen LogP contribution in [0.1, 0.15) is 38.1 Å². The van der Waals surface area contributed by atoms with Gasteiger partial charge in [0.1, 0.15) is 6.04 Å². The molecule has 3 N–H and O–H groups in total. The Morgan fingerprint density at radius 2 is 2.10 bits per heavy atom. The maximum absolute atomic E-state index is 11.8. The van der Waals surface area contributed by atoms with E-state index in [9.17, 15) is 9.59 Å². The molecule has 7 nitrogen and oxygen atoms in total. The van der Waals surface area contributed by atoms with Gasteiger partial charge in [0, 0.05) is 6.54 Å². The quantitative estimate of drug-likeness (QED) is 0.716. The highest BCUT2D eigenvalue weighted by Crippen LogP contribution is 2.19. The number of amides is 2. The van der Waals surface area contributed by atoms with Gasteiger partial charge in [-0.25, -0.2) is 9.59 Å². The number of aromatic nitrogens is 2. The largest absolute Gasteiger partial charge is 0.480 e. The third-order valence-corrected chi connectivity index (χ3v) is 3.54. The number of rotatable bonds is 7. The third kappa shape index (κ3) is 4.63. The van der Waals surface area contributed by atoms with Gasteiger partial charge < -0.3 is 15.7 Å². The van der Waals surface area contributed by atoms with Crippen LogP contribution in [0.3, 0.4) is 0 Å². The number of nitrogens with one attached hydrogen (secondary N) is 2. The van der Waals surface area contributed by atoms with E-state index in [2.05, 4.69) is 15.7 Å². The van der Waals surface area contributed by atoms with Gasteiger partial charge in [-0.2, -0.15) is 5.10 Å². The Kier molecular flexibility index (Phi) is 6.48. The number of aryl methyl sites for hydroxylation is 2. The van der Waals surface area contributed by atoms with Crippen LogP contribution in [0.4, 0.5) is 4.79 Å². The monoisotopic (exact) mass is 316 g/mol. The van der Waals surface area contributed by atoms with Gasteiger partial charge in [-0.05, 0) is 20.3 Å². The molecule has 8 heteroatoms. The maximum atomic E-state index is 11.8. The Hall–Kier alpha value is -1.76. The first-order valence-corrected chi connectivity index (χ1v) is 7.27. The minimum atomic E-state index is -1.04. The van der Waals surface area contributed by atoms with Crippen molar-refractivity contribution in [1.82, 2.24) is 20.4 Å². The van der Waals surface area contributed by atoms with E-state index in [0.717, 1.165) is 0 Å². The minimum Gasteiger partial charge on any atom is -0.480 e. The summed E-state index contributed by atoms with van der Waals surface area (Å²) < 4.78 is 1.71. The summed E-state index contributed by atoms with van der Waals surface area (Å²) in [5.74, 6) is -1.04. The lowest BCUT2D eigenvalue weighted by atomic mass is 10.2. The van der Waals surface area contributed by atoms with Crippen molar-refractivity contribution in [2.24, 2.45) is 0 Å². The van der Waals surface area contributed by atoms with E-state index in [1.807, 2.05) is 13.8 Å². The number of nitrogens with zero attached hydrogens (tertiary/aromatic N) is 2. The number of hydrogen-bond donors (Lipinski definition) is 3. The van der Waals surface area contributed by atoms with Gasteiger partial charge in [0.05, 0.1) is 23.0 Å².